The number of nitrogens with zero attached hydrogens (tertiary/aromatic N) is 2. The van der Waals surface area contributed by atoms with Crippen LogP contribution in [0, 0.1) is 5.92 Å². The van der Waals surface area contributed by atoms with E-state index in [0.29, 0.717) is 23.7 Å². The molecule has 1 unspecified atom stereocenters. The van der Waals surface area contributed by atoms with Gasteiger partial charge in [-0.1, -0.05) is 51.3 Å². The zero-order valence-corrected chi connectivity index (χ0v) is 24.0. The molecule has 4 atom stereocenters. The summed E-state index contributed by atoms with van der Waals surface area (Å²) in [5.41, 5.74) is 2.24. The van der Waals surface area contributed by atoms with Crippen LogP contribution in [0.5, 0.6) is 0 Å². The van der Waals surface area contributed by atoms with Crippen LogP contribution in [-0.2, 0) is 9.59 Å². The van der Waals surface area contributed by atoms with Gasteiger partial charge in [0.05, 0.1) is 12.1 Å². The zero-order valence-electron chi connectivity index (χ0n) is 23.2. The van der Waals surface area contributed by atoms with Crippen molar-refractivity contribution in [2.24, 2.45) is 5.92 Å². The Balaban J connectivity index is 1.53. The van der Waals surface area contributed by atoms with E-state index < -0.39 is 6.04 Å². The van der Waals surface area contributed by atoms with E-state index in [9.17, 15) is 14.4 Å². The normalized spacial score (nSPS) is 20.6. The van der Waals surface area contributed by atoms with Crippen LogP contribution >= 0.6 is 11.3 Å². The Bertz CT molecular complexity index is 1130. The molecule has 38 heavy (non-hydrogen) atoms. The Morgan fingerprint density at radius 3 is 2.58 bits per heavy atom. The van der Waals surface area contributed by atoms with Gasteiger partial charge in [-0.15, -0.1) is 11.3 Å². The average Bonchev–Trinajstić information content (AvgIpc) is 3.65. The first kappa shape index (κ1) is 28.4. The van der Waals surface area contributed by atoms with Crippen molar-refractivity contribution in [1.29, 1.82) is 0 Å². The molecule has 1 aromatic carbocycles. The third-order valence-electron chi connectivity index (χ3n) is 8.42. The Labute approximate surface area is 230 Å². The summed E-state index contributed by atoms with van der Waals surface area (Å²) in [7, 11) is 1.75. The van der Waals surface area contributed by atoms with E-state index in [-0.39, 0.29) is 35.6 Å². The van der Waals surface area contributed by atoms with Gasteiger partial charge < -0.3 is 15.5 Å². The second-order valence-corrected chi connectivity index (χ2v) is 11.8. The van der Waals surface area contributed by atoms with E-state index in [1.807, 2.05) is 35.4 Å². The summed E-state index contributed by atoms with van der Waals surface area (Å²) in [6.07, 6.45) is 7.98. The van der Waals surface area contributed by atoms with Gasteiger partial charge in [0, 0.05) is 17.5 Å². The first-order chi connectivity index (χ1) is 18.3. The van der Waals surface area contributed by atoms with Gasteiger partial charge in [0.25, 0.3) is 0 Å². The molecular weight excluding hydrogens is 496 g/mol. The van der Waals surface area contributed by atoms with E-state index >= 15 is 0 Å². The highest BCUT2D eigenvalue weighted by Crippen LogP contribution is 2.36. The number of carbonyl (C=O) groups excluding carboxylic acids is 3. The molecule has 8 heteroatoms. The second kappa shape index (κ2) is 13.0. The SMILES string of the molecule is CCC(C)c1cccc(C(=O)c2csc([C@@H]3CCCN3C(=O)[C@@H](NC(=O)[C@H](C)NC)C3CCCCC3)n2)c1. The third kappa shape index (κ3) is 6.34. The van der Waals surface area contributed by atoms with Crippen molar-refractivity contribution < 1.29 is 14.4 Å². The Kier molecular flexibility index (Phi) is 9.71. The summed E-state index contributed by atoms with van der Waals surface area (Å²) in [6, 6.07) is 6.78. The Hall–Kier alpha value is -2.58. The first-order valence-electron chi connectivity index (χ1n) is 14.2. The van der Waals surface area contributed by atoms with E-state index in [1.165, 1.54) is 17.8 Å². The highest BCUT2D eigenvalue weighted by atomic mass is 32.1. The molecule has 1 aromatic heterocycles. The van der Waals surface area contributed by atoms with Crippen molar-refractivity contribution in [1.82, 2.24) is 20.5 Å². The number of thiazole rings is 1. The highest BCUT2D eigenvalue weighted by Gasteiger charge is 2.40. The summed E-state index contributed by atoms with van der Waals surface area (Å²) in [5, 5.41) is 8.69. The average molecular weight is 539 g/mol. The van der Waals surface area contributed by atoms with E-state index in [1.54, 1.807) is 7.05 Å². The van der Waals surface area contributed by atoms with Crippen LogP contribution in [-0.4, -0.2) is 53.2 Å². The number of nitrogens with one attached hydrogen (secondary N) is 2. The summed E-state index contributed by atoms with van der Waals surface area (Å²) in [4.78, 5) is 46.7. The van der Waals surface area contributed by atoms with Crippen molar-refractivity contribution in [2.45, 2.75) is 96.2 Å². The third-order valence-corrected chi connectivity index (χ3v) is 9.36. The quantitative estimate of drug-likeness (QED) is 0.405. The Morgan fingerprint density at radius 1 is 1.11 bits per heavy atom. The molecule has 1 saturated carbocycles. The lowest BCUT2D eigenvalue weighted by Crippen LogP contribution is -2.55. The molecule has 2 fully saturated rings. The molecule has 2 N–H and O–H groups in total. The topological polar surface area (TPSA) is 91.4 Å². The lowest BCUT2D eigenvalue weighted by Gasteiger charge is -2.35. The number of rotatable bonds is 10. The van der Waals surface area contributed by atoms with Crippen LogP contribution in [0.3, 0.4) is 0 Å². The molecule has 2 aromatic rings. The maximum Gasteiger partial charge on any atom is 0.246 e. The van der Waals surface area contributed by atoms with Crippen LogP contribution < -0.4 is 10.6 Å². The fourth-order valence-electron chi connectivity index (χ4n) is 5.64. The Morgan fingerprint density at radius 2 is 1.87 bits per heavy atom. The molecule has 2 aliphatic rings. The van der Waals surface area contributed by atoms with Crippen LogP contribution in [0.15, 0.2) is 29.6 Å². The van der Waals surface area contributed by atoms with Crippen LogP contribution in [0.2, 0.25) is 0 Å². The molecule has 1 saturated heterocycles. The summed E-state index contributed by atoms with van der Waals surface area (Å²) >= 11 is 1.45. The van der Waals surface area contributed by atoms with Crippen molar-refractivity contribution in [3.8, 4) is 0 Å². The monoisotopic (exact) mass is 538 g/mol. The highest BCUT2D eigenvalue weighted by molar-refractivity contribution is 7.10. The summed E-state index contributed by atoms with van der Waals surface area (Å²) in [6.45, 7) is 6.76. The number of likely N-dealkylation sites (N-methyl/N-ethyl adjacent to an activating group) is 1. The van der Waals surface area contributed by atoms with Crippen molar-refractivity contribution in [2.75, 3.05) is 13.6 Å². The molecule has 1 aliphatic carbocycles. The van der Waals surface area contributed by atoms with Crippen molar-refractivity contribution >= 4 is 28.9 Å². The van der Waals surface area contributed by atoms with E-state index in [2.05, 4.69) is 30.5 Å². The summed E-state index contributed by atoms with van der Waals surface area (Å²) in [5.74, 6) is 0.300. The lowest BCUT2D eigenvalue weighted by molar-refractivity contribution is -0.139. The molecule has 2 amide bonds. The van der Waals surface area contributed by atoms with Gasteiger partial charge in [0.15, 0.2) is 0 Å². The van der Waals surface area contributed by atoms with Crippen molar-refractivity contribution in [3.63, 3.8) is 0 Å². The number of hydrogen-bond acceptors (Lipinski definition) is 6. The maximum atomic E-state index is 14.0. The fourth-order valence-corrected chi connectivity index (χ4v) is 6.58. The number of ketones is 1. The number of benzene rings is 1. The second-order valence-electron chi connectivity index (χ2n) is 10.9. The largest absolute Gasteiger partial charge is 0.343 e. The van der Waals surface area contributed by atoms with Gasteiger partial charge in [-0.05, 0) is 69.5 Å². The van der Waals surface area contributed by atoms with Crippen LogP contribution in [0.4, 0.5) is 0 Å². The zero-order chi connectivity index (χ0) is 27.2. The lowest BCUT2D eigenvalue weighted by atomic mass is 9.83. The van der Waals surface area contributed by atoms with E-state index in [4.69, 9.17) is 4.98 Å². The molecular formula is C30H42N4O3S. The molecule has 0 radical (unpaired) electrons. The standard InChI is InChI=1S/C30H42N4O3S/c1-5-19(2)22-13-9-14-23(17-22)27(35)24-18-38-29(32-24)25-15-10-16-34(25)30(37)26(21-11-7-6-8-12-21)33-28(36)20(3)31-4/h9,13-14,17-21,25-26,31H,5-8,10-12,15-16H2,1-4H3,(H,33,36)/t19?,20-,25-,26-/m0/s1. The summed E-state index contributed by atoms with van der Waals surface area (Å²) < 4.78 is 0. The number of aromatic nitrogens is 1. The van der Waals surface area contributed by atoms with Gasteiger partial charge in [-0.2, -0.15) is 0 Å². The number of likely N-dealkylation sites (tertiary alicyclic amines) is 1. The smallest absolute Gasteiger partial charge is 0.246 e. The molecule has 1 aliphatic heterocycles. The molecule has 7 nitrogen and oxygen atoms in total. The minimum atomic E-state index is -0.524. The first-order valence-corrected chi connectivity index (χ1v) is 15.1. The van der Waals surface area contributed by atoms with Gasteiger partial charge in [0.2, 0.25) is 17.6 Å². The van der Waals surface area contributed by atoms with Gasteiger partial charge in [-0.3, -0.25) is 14.4 Å². The fraction of sp³-hybridized carbons (Fsp3) is 0.600. The van der Waals surface area contributed by atoms with Crippen LogP contribution in [0.25, 0.3) is 0 Å². The predicted molar refractivity (Wildman–Crippen MR) is 151 cm³/mol. The minimum Gasteiger partial charge on any atom is -0.343 e. The number of hydrogen-bond donors (Lipinski definition) is 2. The van der Waals surface area contributed by atoms with Crippen LogP contribution in [0.1, 0.15) is 111 Å². The molecule has 0 spiro atoms. The van der Waals surface area contributed by atoms with Gasteiger partial charge >= 0.3 is 0 Å². The van der Waals surface area contributed by atoms with Crippen molar-refractivity contribution in [3.05, 3.63) is 51.5 Å². The molecule has 2 heterocycles. The predicted octanol–water partition coefficient (Wildman–Crippen LogP) is 5.22. The van der Waals surface area contributed by atoms with Gasteiger partial charge in [-0.25, -0.2) is 4.98 Å². The molecule has 4 rings (SSSR count). The number of amides is 2. The molecule has 206 valence electrons. The maximum absolute atomic E-state index is 14.0. The van der Waals surface area contributed by atoms with Gasteiger partial charge in [0.1, 0.15) is 16.7 Å². The minimum absolute atomic E-state index is 0.0135. The molecule has 0 bridgehead atoms. The number of carbonyl (C=O) groups is 3. The van der Waals surface area contributed by atoms with E-state index in [0.717, 1.165) is 55.5 Å².